The standard InChI is InChI=1S/C8H5BrFIO/c9-6-2-1-5(3-8(11)12)7(10)4-6/h1-2,4H,3H2. The average molecular weight is 343 g/mol. The lowest BCUT2D eigenvalue weighted by Crippen LogP contribution is -1.95. The van der Waals surface area contributed by atoms with Gasteiger partial charge in [-0.1, -0.05) is 22.0 Å². The van der Waals surface area contributed by atoms with Crippen LogP contribution in [0.3, 0.4) is 0 Å². The summed E-state index contributed by atoms with van der Waals surface area (Å²) >= 11 is 4.79. The molecule has 0 aliphatic carbocycles. The van der Waals surface area contributed by atoms with E-state index in [1.165, 1.54) is 6.07 Å². The van der Waals surface area contributed by atoms with Crippen molar-refractivity contribution in [2.75, 3.05) is 0 Å². The normalized spacial score (nSPS) is 9.92. The van der Waals surface area contributed by atoms with Crippen molar-refractivity contribution in [3.8, 4) is 0 Å². The SMILES string of the molecule is O=C(I)Cc1ccc(Br)cc1F. The molecule has 4 heteroatoms. The van der Waals surface area contributed by atoms with Gasteiger partial charge in [0.05, 0.1) is 0 Å². The molecule has 0 amide bonds. The van der Waals surface area contributed by atoms with E-state index in [1.54, 1.807) is 34.7 Å². The summed E-state index contributed by atoms with van der Waals surface area (Å²) in [6.07, 6.45) is 0.152. The third-order valence-corrected chi connectivity index (χ3v) is 2.22. The number of halogens is 3. The van der Waals surface area contributed by atoms with E-state index in [9.17, 15) is 9.18 Å². The summed E-state index contributed by atoms with van der Waals surface area (Å²) in [5.74, 6) is -0.339. The zero-order valence-corrected chi connectivity index (χ0v) is 9.72. The first-order valence-electron chi connectivity index (χ1n) is 3.22. The lowest BCUT2D eigenvalue weighted by molar-refractivity contribution is -0.108. The van der Waals surface area contributed by atoms with Crippen molar-refractivity contribution in [3.63, 3.8) is 0 Å². The Labute approximate surface area is 91.6 Å². The Bertz CT molecular complexity index is 314. The number of benzene rings is 1. The van der Waals surface area contributed by atoms with Crippen LogP contribution in [0, 0.1) is 5.82 Å². The topological polar surface area (TPSA) is 17.1 Å². The third-order valence-electron chi connectivity index (χ3n) is 1.34. The molecule has 1 aromatic rings. The molecular formula is C8H5BrFIO. The molecule has 0 saturated heterocycles. The Kier molecular flexibility index (Phi) is 3.64. The minimum absolute atomic E-state index is 0.0613. The van der Waals surface area contributed by atoms with E-state index in [0.717, 1.165) is 0 Å². The summed E-state index contributed by atoms with van der Waals surface area (Å²) in [6.45, 7) is 0. The minimum atomic E-state index is -0.339. The molecule has 0 heterocycles. The van der Waals surface area contributed by atoms with Gasteiger partial charge < -0.3 is 0 Å². The molecule has 0 spiro atoms. The van der Waals surface area contributed by atoms with E-state index in [4.69, 9.17) is 0 Å². The summed E-state index contributed by atoms with van der Waals surface area (Å²) in [4.78, 5) is 10.7. The fraction of sp³-hybridized carbons (Fsp3) is 0.125. The summed E-state index contributed by atoms with van der Waals surface area (Å²) in [6, 6.07) is 4.68. The van der Waals surface area contributed by atoms with Gasteiger partial charge in [-0.15, -0.1) is 0 Å². The van der Waals surface area contributed by atoms with Crippen LogP contribution in [0.4, 0.5) is 4.39 Å². The van der Waals surface area contributed by atoms with Gasteiger partial charge in [0.15, 0.2) is 3.79 Å². The van der Waals surface area contributed by atoms with Gasteiger partial charge in [0.25, 0.3) is 0 Å². The van der Waals surface area contributed by atoms with Crippen LogP contribution in [0.25, 0.3) is 0 Å². The van der Waals surface area contributed by atoms with Crippen molar-refractivity contribution < 1.29 is 9.18 Å². The molecule has 0 aliphatic heterocycles. The Morgan fingerprint density at radius 1 is 1.58 bits per heavy atom. The van der Waals surface area contributed by atoms with Gasteiger partial charge in [0.1, 0.15) is 5.82 Å². The molecule has 1 nitrogen and oxygen atoms in total. The highest BCUT2D eigenvalue weighted by atomic mass is 127. The molecule has 0 atom stereocenters. The van der Waals surface area contributed by atoms with Crippen LogP contribution in [0.2, 0.25) is 0 Å². The summed E-state index contributed by atoms with van der Waals surface area (Å²) in [5, 5.41) is 0. The van der Waals surface area contributed by atoms with Gasteiger partial charge in [-0.25, -0.2) is 4.39 Å². The first-order valence-corrected chi connectivity index (χ1v) is 5.09. The van der Waals surface area contributed by atoms with Crippen LogP contribution in [-0.4, -0.2) is 3.79 Å². The summed E-state index contributed by atoms with van der Waals surface area (Å²) in [7, 11) is 0. The molecule has 0 aliphatic rings. The second-order valence-electron chi connectivity index (χ2n) is 2.27. The molecule has 0 fully saturated rings. The van der Waals surface area contributed by atoms with Crippen molar-refractivity contribution in [1.29, 1.82) is 0 Å². The molecule has 1 rings (SSSR count). The fourth-order valence-corrected chi connectivity index (χ4v) is 1.56. The molecular weight excluding hydrogens is 338 g/mol. The highest BCUT2D eigenvalue weighted by Crippen LogP contribution is 2.16. The van der Waals surface area contributed by atoms with Crippen LogP contribution in [-0.2, 0) is 11.2 Å². The molecule has 0 bridgehead atoms. The molecule has 0 radical (unpaired) electrons. The first kappa shape index (κ1) is 10.1. The number of hydrogen-bond acceptors (Lipinski definition) is 1. The second-order valence-corrected chi connectivity index (χ2v) is 4.39. The second kappa shape index (κ2) is 4.32. The third kappa shape index (κ3) is 2.82. The molecule has 1 aromatic carbocycles. The van der Waals surface area contributed by atoms with Crippen LogP contribution in [0.5, 0.6) is 0 Å². The highest BCUT2D eigenvalue weighted by molar-refractivity contribution is 14.1. The predicted molar refractivity (Wildman–Crippen MR) is 56.8 cm³/mol. The van der Waals surface area contributed by atoms with E-state index in [1.807, 2.05) is 0 Å². The monoisotopic (exact) mass is 342 g/mol. The summed E-state index contributed by atoms with van der Waals surface area (Å²) in [5.41, 5.74) is 0.442. The molecule has 0 N–H and O–H groups in total. The maximum Gasteiger partial charge on any atom is 0.196 e. The van der Waals surface area contributed by atoms with E-state index in [-0.39, 0.29) is 16.0 Å². The van der Waals surface area contributed by atoms with Gasteiger partial charge in [0.2, 0.25) is 0 Å². The Hall–Kier alpha value is 0.0300. The van der Waals surface area contributed by atoms with E-state index in [2.05, 4.69) is 15.9 Å². The largest absolute Gasteiger partial charge is 0.287 e. The number of carbonyl (C=O) groups excluding carboxylic acids is 1. The van der Waals surface area contributed by atoms with Gasteiger partial charge >= 0.3 is 0 Å². The first-order chi connectivity index (χ1) is 5.59. The van der Waals surface area contributed by atoms with Crippen LogP contribution in [0.15, 0.2) is 22.7 Å². The maximum absolute atomic E-state index is 13.0. The highest BCUT2D eigenvalue weighted by Gasteiger charge is 2.05. The fourth-order valence-electron chi connectivity index (χ4n) is 0.815. The average Bonchev–Trinajstić information content (AvgIpc) is 1.94. The number of rotatable bonds is 2. The quantitative estimate of drug-likeness (QED) is 0.596. The lowest BCUT2D eigenvalue weighted by Gasteiger charge is -1.99. The van der Waals surface area contributed by atoms with E-state index >= 15 is 0 Å². The van der Waals surface area contributed by atoms with Gasteiger partial charge in [0, 0.05) is 10.9 Å². The van der Waals surface area contributed by atoms with Crippen LogP contribution in [0.1, 0.15) is 5.56 Å². The van der Waals surface area contributed by atoms with Crippen molar-refractivity contribution in [1.82, 2.24) is 0 Å². The lowest BCUT2D eigenvalue weighted by atomic mass is 10.1. The molecule has 0 saturated carbocycles. The minimum Gasteiger partial charge on any atom is -0.287 e. The number of carbonyl (C=O) groups is 1. The van der Waals surface area contributed by atoms with Gasteiger partial charge in [-0.3, -0.25) is 4.79 Å². The Morgan fingerprint density at radius 3 is 2.75 bits per heavy atom. The zero-order valence-electron chi connectivity index (χ0n) is 5.98. The molecule has 0 aromatic heterocycles. The van der Waals surface area contributed by atoms with Crippen molar-refractivity contribution >= 4 is 42.3 Å². The van der Waals surface area contributed by atoms with Crippen molar-refractivity contribution in [3.05, 3.63) is 34.1 Å². The van der Waals surface area contributed by atoms with E-state index in [0.29, 0.717) is 10.0 Å². The Morgan fingerprint density at radius 2 is 2.25 bits per heavy atom. The summed E-state index contributed by atoms with van der Waals surface area (Å²) < 4.78 is 13.6. The van der Waals surface area contributed by atoms with E-state index < -0.39 is 0 Å². The molecule has 0 unspecified atom stereocenters. The van der Waals surface area contributed by atoms with Gasteiger partial charge in [-0.05, 0) is 40.3 Å². The van der Waals surface area contributed by atoms with Gasteiger partial charge in [-0.2, -0.15) is 0 Å². The Balaban J connectivity index is 2.93. The predicted octanol–water partition coefficient (Wildman–Crippen LogP) is 3.09. The smallest absolute Gasteiger partial charge is 0.196 e. The van der Waals surface area contributed by atoms with Crippen LogP contribution < -0.4 is 0 Å². The van der Waals surface area contributed by atoms with Crippen LogP contribution >= 0.6 is 38.5 Å². The zero-order chi connectivity index (χ0) is 9.14. The number of hydrogen-bond donors (Lipinski definition) is 0. The molecule has 12 heavy (non-hydrogen) atoms. The maximum atomic E-state index is 13.0. The van der Waals surface area contributed by atoms with Crippen molar-refractivity contribution in [2.24, 2.45) is 0 Å². The van der Waals surface area contributed by atoms with Crippen molar-refractivity contribution in [2.45, 2.75) is 6.42 Å². The molecule has 64 valence electrons.